The molecular formula is C84H91Cl3F2N8O5. The predicted octanol–water partition coefficient (Wildman–Crippen LogP) is 19.5. The second-order valence-corrected chi connectivity index (χ2v) is 32.1. The Hall–Kier alpha value is -8.31. The van der Waals surface area contributed by atoms with Crippen LogP contribution in [-0.2, 0) is 16.5 Å². The van der Waals surface area contributed by atoms with Gasteiger partial charge in [0.05, 0.1) is 35.5 Å². The molecule has 532 valence electrons. The van der Waals surface area contributed by atoms with Crippen molar-refractivity contribution in [1.29, 1.82) is 0 Å². The number of nitrogens with zero attached hydrogens (tertiary/aromatic N) is 8. The van der Waals surface area contributed by atoms with Crippen LogP contribution in [0.1, 0.15) is 176 Å². The summed E-state index contributed by atoms with van der Waals surface area (Å²) < 4.78 is 29.0. The number of hydrogen-bond acceptors (Lipinski definition) is 10. The van der Waals surface area contributed by atoms with Gasteiger partial charge in [-0.15, -0.1) is 0 Å². The number of aliphatic hydroxyl groups is 2. The Morgan fingerprint density at radius 2 is 0.912 bits per heavy atom. The van der Waals surface area contributed by atoms with Gasteiger partial charge < -0.3 is 24.9 Å². The van der Waals surface area contributed by atoms with Crippen molar-refractivity contribution in [2.75, 3.05) is 26.2 Å². The molecule has 2 N–H and O–H groups in total. The average Bonchev–Trinajstić information content (AvgIpc) is 1.55. The molecule has 4 fully saturated rings. The highest BCUT2D eigenvalue weighted by Crippen LogP contribution is 2.45. The molecule has 13 nitrogen and oxygen atoms in total. The van der Waals surface area contributed by atoms with Crippen LogP contribution in [0.3, 0.4) is 0 Å². The van der Waals surface area contributed by atoms with E-state index in [0.717, 1.165) is 105 Å². The van der Waals surface area contributed by atoms with Gasteiger partial charge in [0.25, 0.3) is 17.7 Å². The van der Waals surface area contributed by atoms with Crippen LogP contribution in [0.4, 0.5) is 8.78 Å². The predicted molar refractivity (Wildman–Crippen MR) is 405 cm³/mol. The van der Waals surface area contributed by atoms with Gasteiger partial charge in [0, 0.05) is 162 Å². The van der Waals surface area contributed by atoms with Crippen LogP contribution >= 0.6 is 34.8 Å². The van der Waals surface area contributed by atoms with E-state index in [0.29, 0.717) is 76.3 Å². The van der Waals surface area contributed by atoms with Crippen molar-refractivity contribution in [1.82, 2.24) is 39.6 Å². The van der Waals surface area contributed by atoms with E-state index in [-0.39, 0.29) is 53.1 Å². The van der Waals surface area contributed by atoms with Crippen LogP contribution < -0.4 is 0 Å². The lowest BCUT2D eigenvalue weighted by molar-refractivity contribution is 0.000310. The summed E-state index contributed by atoms with van der Waals surface area (Å²) in [5.74, 6) is -0.439. The van der Waals surface area contributed by atoms with Crippen molar-refractivity contribution in [3.05, 3.63) is 220 Å². The second-order valence-electron chi connectivity index (χ2n) is 30.9. The Bertz CT molecular complexity index is 4370. The molecule has 9 aromatic rings. The smallest absolute Gasteiger partial charge is 0.254 e. The largest absolute Gasteiger partial charge is 0.388 e. The number of pyridine rings is 5. The van der Waals surface area contributed by atoms with E-state index in [4.69, 9.17) is 34.8 Å². The molecular weight excluding hydrogens is 1350 g/mol. The minimum absolute atomic E-state index is 0.0320. The van der Waals surface area contributed by atoms with Crippen LogP contribution in [0, 0.1) is 5.92 Å². The highest BCUT2D eigenvalue weighted by molar-refractivity contribution is 6.34. The monoisotopic (exact) mass is 1430 g/mol. The highest BCUT2D eigenvalue weighted by atomic mass is 35.5. The van der Waals surface area contributed by atoms with Gasteiger partial charge in [-0.2, -0.15) is 0 Å². The second kappa shape index (κ2) is 30.6. The van der Waals surface area contributed by atoms with Gasteiger partial charge in [0.15, 0.2) is 5.67 Å². The van der Waals surface area contributed by atoms with Gasteiger partial charge in [-0.05, 0) is 192 Å². The van der Waals surface area contributed by atoms with Crippen molar-refractivity contribution >= 4 is 52.5 Å². The maximum Gasteiger partial charge on any atom is 0.254 e. The fraction of sp³-hybridized carbons (Fsp3) is 0.381. The number of carbonyl (C=O) groups is 3. The number of likely N-dealkylation sites (tertiary alicyclic amines) is 3. The molecule has 3 saturated heterocycles. The number of aromatic nitrogens is 5. The minimum atomic E-state index is -1.33. The molecule has 0 radical (unpaired) electrons. The molecule has 8 heterocycles. The van der Waals surface area contributed by atoms with Crippen molar-refractivity contribution in [3.8, 4) is 66.8 Å². The van der Waals surface area contributed by atoms with Gasteiger partial charge >= 0.3 is 0 Å². The first-order chi connectivity index (χ1) is 48.2. The number of benzene rings is 4. The molecule has 3 amide bonds. The molecule has 1 saturated carbocycles. The van der Waals surface area contributed by atoms with E-state index in [9.17, 15) is 33.4 Å². The number of alkyl halides is 2. The lowest BCUT2D eigenvalue weighted by Crippen LogP contribution is -2.48. The summed E-state index contributed by atoms with van der Waals surface area (Å²) in [5, 5.41) is 22.4. The Labute approximate surface area is 613 Å². The third-order valence-electron chi connectivity index (χ3n) is 20.2. The third-order valence-corrected chi connectivity index (χ3v) is 21.2. The Morgan fingerprint density at radius 1 is 0.480 bits per heavy atom. The molecule has 13 rings (SSSR count). The molecule has 0 spiro atoms. The summed E-state index contributed by atoms with van der Waals surface area (Å²) in [5.41, 5.74) is 11.8. The summed E-state index contributed by atoms with van der Waals surface area (Å²) in [6.45, 7) is 23.9. The lowest BCUT2D eigenvalue weighted by Gasteiger charge is -2.34. The first kappa shape index (κ1) is 74.9. The van der Waals surface area contributed by atoms with E-state index in [1.165, 1.54) is 5.56 Å². The summed E-state index contributed by atoms with van der Waals surface area (Å²) in [6, 6.07) is 37.9. The van der Waals surface area contributed by atoms with Crippen LogP contribution in [0.5, 0.6) is 0 Å². The standard InChI is InChI=1S/C29H33ClN2O2.C28H32ClN3O2.C27H26ClF2N3O/c1-28(2,3)23-9-6-8-19(15-23)21-14-22(18-31-17-21)24-12-11-20(16-25(24)30)27(33)32-13-7-10-26(32)29(4,5)34;1-27(2,3)24-15-18(10-11-31-24)20-13-21(17-30-16-20)22-9-8-19(14-23(22)29)26(33)32-12-6-7-25(32)28(4,5)34;1-17-6-10-33(16-24(17)29)26(34)19-3-4-22(23(28)12-19)21-11-20(14-31-15-21)18-5-9-32-25(13-18)27(30)7-2-8-27/h6,8-9,11-12,14-18,26,34H,7,10,13H2,1-5H3;8-11,13-17,25,34H,6-7,12H2,1-5H3;3-5,9,11-15,17,24H,2,6-8,10,16H2,1H3/t26-;;17-,24-/m1.0/s1. The zero-order valence-corrected chi connectivity index (χ0v) is 62.3. The number of amides is 3. The van der Waals surface area contributed by atoms with Crippen LogP contribution in [0.2, 0.25) is 15.1 Å². The molecule has 18 heteroatoms. The molecule has 5 aromatic heterocycles. The van der Waals surface area contributed by atoms with E-state index in [2.05, 4.69) is 109 Å². The first-order valence-corrected chi connectivity index (χ1v) is 36.4. The van der Waals surface area contributed by atoms with Crippen molar-refractivity contribution in [3.63, 3.8) is 0 Å². The summed E-state index contributed by atoms with van der Waals surface area (Å²) in [7, 11) is 0. The SMILES string of the molecule is CC(C)(C)c1cc(-c2cncc(-c3ccc(C(=O)N4CCCC4C(C)(C)O)cc3Cl)c2)ccn1.CC(C)(C)c1cccc(-c2cncc(-c3ccc(C(=O)N4CCC[C@@H]4C(C)(C)O)cc3Cl)c2)c1.C[C@H]1CCN(C(=O)c2ccc(-c3cncc(-c4ccnc(C5(F)CCC5)c4)c3)c(Cl)c2)C[C@@H]1F. The zero-order chi connectivity index (χ0) is 73.2. The maximum absolute atomic E-state index is 14.9. The molecule has 4 aliphatic rings. The number of carbonyl (C=O) groups excluding carboxylic acids is 3. The van der Waals surface area contributed by atoms with E-state index < -0.39 is 23.0 Å². The summed E-state index contributed by atoms with van der Waals surface area (Å²) in [4.78, 5) is 66.4. The fourth-order valence-corrected chi connectivity index (χ4v) is 14.7. The van der Waals surface area contributed by atoms with Crippen molar-refractivity contribution < 1.29 is 33.4 Å². The molecule has 1 aliphatic carbocycles. The first-order valence-electron chi connectivity index (χ1n) is 35.2. The fourth-order valence-electron chi connectivity index (χ4n) is 13.9. The highest BCUT2D eigenvalue weighted by Gasteiger charge is 2.42. The minimum Gasteiger partial charge on any atom is -0.388 e. The Kier molecular flexibility index (Phi) is 22.4. The van der Waals surface area contributed by atoms with Crippen LogP contribution in [-0.4, -0.2) is 123 Å². The molecule has 1 unspecified atom stereocenters. The van der Waals surface area contributed by atoms with Crippen molar-refractivity contribution in [2.24, 2.45) is 5.92 Å². The molecule has 0 bridgehead atoms. The van der Waals surface area contributed by atoms with Gasteiger partial charge in [-0.3, -0.25) is 39.3 Å². The van der Waals surface area contributed by atoms with E-state index >= 15 is 0 Å². The van der Waals surface area contributed by atoms with E-state index in [1.54, 1.807) is 116 Å². The van der Waals surface area contributed by atoms with Gasteiger partial charge in [0.1, 0.15) is 6.17 Å². The number of piperidine rings is 1. The molecule has 3 aliphatic heterocycles. The zero-order valence-electron chi connectivity index (χ0n) is 60.0. The van der Waals surface area contributed by atoms with Gasteiger partial charge in [-0.25, -0.2) is 8.78 Å². The Morgan fingerprint density at radius 3 is 1.32 bits per heavy atom. The molecule has 102 heavy (non-hydrogen) atoms. The van der Waals surface area contributed by atoms with Crippen LogP contribution in [0.15, 0.2) is 171 Å². The normalized spacial score (nSPS) is 18.4. The van der Waals surface area contributed by atoms with Crippen LogP contribution in [0.25, 0.3) is 66.8 Å². The Balaban J connectivity index is 0.000000154. The average molecular weight is 1440 g/mol. The number of hydrogen-bond donors (Lipinski definition) is 2. The van der Waals surface area contributed by atoms with E-state index in [1.807, 2.05) is 61.9 Å². The lowest BCUT2D eigenvalue weighted by atomic mass is 9.79. The van der Waals surface area contributed by atoms with Crippen molar-refractivity contribution in [2.45, 2.75) is 173 Å². The number of halogens is 5. The topological polar surface area (TPSA) is 166 Å². The molecule has 4 aromatic carbocycles. The summed E-state index contributed by atoms with van der Waals surface area (Å²) >= 11 is 19.9. The quantitative estimate of drug-likeness (QED) is 0.120. The third kappa shape index (κ3) is 17.2. The maximum atomic E-state index is 14.9. The van der Waals surface area contributed by atoms with Gasteiger partial charge in [-0.1, -0.05) is 126 Å². The molecule has 4 atom stereocenters. The summed E-state index contributed by atoms with van der Waals surface area (Å²) in [6.07, 6.45) is 19.1. The number of rotatable bonds is 12. The van der Waals surface area contributed by atoms with Gasteiger partial charge in [0.2, 0.25) is 0 Å².